The molecule has 98 valence electrons. The highest BCUT2D eigenvalue weighted by Gasteiger charge is 2.35. The average Bonchev–Trinajstić information content (AvgIpc) is 2.24. The Balaban J connectivity index is 2.79. The summed E-state index contributed by atoms with van der Waals surface area (Å²) in [5.74, 6) is -3.28. The van der Waals surface area contributed by atoms with E-state index in [2.05, 4.69) is 4.74 Å². The minimum Gasteiger partial charge on any atom is -0.478 e. The van der Waals surface area contributed by atoms with Crippen molar-refractivity contribution in [3.63, 3.8) is 0 Å². The third-order valence-electron chi connectivity index (χ3n) is 2.77. The standard InChI is InChI=1S/C12H14O6/c1-3-7(10(13)14)5-18-12(17)8-4-6(2)9(8)11(15)16/h5-6H,3-4H2,1-2H3,(H,13,14)(H,15,16). The van der Waals surface area contributed by atoms with Gasteiger partial charge in [-0.3, -0.25) is 0 Å². The van der Waals surface area contributed by atoms with Crippen LogP contribution in [0.1, 0.15) is 26.7 Å². The normalized spacial score (nSPS) is 19.2. The van der Waals surface area contributed by atoms with Crippen LogP contribution in [-0.2, 0) is 19.1 Å². The summed E-state index contributed by atoms with van der Waals surface area (Å²) in [7, 11) is 0. The summed E-state index contributed by atoms with van der Waals surface area (Å²) >= 11 is 0. The molecule has 1 atom stereocenters. The minimum atomic E-state index is -1.17. The second-order valence-electron chi connectivity index (χ2n) is 4.01. The largest absolute Gasteiger partial charge is 0.478 e. The van der Waals surface area contributed by atoms with Gasteiger partial charge in [-0.15, -0.1) is 0 Å². The molecule has 1 unspecified atom stereocenters. The van der Waals surface area contributed by atoms with Gasteiger partial charge in [0.1, 0.15) is 6.26 Å². The van der Waals surface area contributed by atoms with Crippen LogP contribution in [-0.4, -0.2) is 28.1 Å². The van der Waals surface area contributed by atoms with Crippen LogP contribution in [0.4, 0.5) is 0 Å². The molecule has 0 fully saturated rings. The molecule has 0 heterocycles. The van der Waals surface area contributed by atoms with Gasteiger partial charge in [-0.2, -0.15) is 0 Å². The molecule has 0 saturated carbocycles. The van der Waals surface area contributed by atoms with Crippen molar-refractivity contribution >= 4 is 17.9 Å². The summed E-state index contributed by atoms with van der Waals surface area (Å²) < 4.78 is 4.69. The zero-order valence-corrected chi connectivity index (χ0v) is 10.1. The third-order valence-corrected chi connectivity index (χ3v) is 2.77. The van der Waals surface area contributed by atoms with Crippen molar-refractivity contribution in [2.45, 2.75) is 26.7 Å². The Morgan fingerprint density at radius 3 is 2.39 bits per heavy atom. The first-order valence-corrected chi connectivity index (χ1v) is 5.48. The van der Waals surface area contributed by atoms with Gasteiger partial charge in [0, 0.05) is 5.57 Å². The number of esters is 1. The molecule has 18 heavy (non-hydrogen) atoms. The van der Waals surface area contributed by atoms with E-state index in [1.165, 1.54) is 0 Å². The SMILES string of the molecule is CCC(=COC(=O)C1=C(C(=O)O)C(C)C1)C(=O)O. The Hall–Kier alpha value is -2.11. The lowest BCUT2D eigenvalue weighted by Gasteiger charge is -2.25. The Bertz CT molecular complexity index is 457. The van der Waals surface area contributed by atoms with Crippen molar-refractivity contribution in [1.29, 1.82) is 0 Å². The Morgan fingerprint density at radius 1 is 1.39 bits per heavy atom. The van der Waals surface area contributed by atoms with Crippen molar-refractivity contribution < 1.29 is 29.3 Å². The highest BCUT2D eigenvalue weighted by atomic mass is 16.5. The van der Waals surface area contributed by atoms with Crippen LogP contribution >= 0.6 is 0 Å². The van der Waals surface area contributed by atoms with Gasteiger partial charge in [0.15, 0.2) is 0 Å². The van der Waals surface area contributed by atoms with Crippen LogP contribution in [0, 0.1) is 5.92 Å². The summed E-state index contributed by atoms with van der Waals surface area (Å²) in [5.41, 5.74) is 0.0991. The number of ether oxygens (including phenoxy) is 1. The Kier molecular flexibility index (Phi) is 4.25. The maximum absolute atomic E-state index is 11.5. The van der Waals surface area contributed by atoms with Gasteiger partial charge in [-0.05, 0) is 18.8 Å². The molecule has 0 saturated heterocycles. The van der Waals surface area contributed by atoms with Crippen LogP contribution in [0.3, 0.4) is 0 Å². The molecule has 1 aliphatic carbocycles. The maximum Gasteiger partial charge on any atom is 0.339 e. The maximum atomic E-state index is 11.5. The number of carbonyl (C=O) groups excluding carboxylic acids is 1. The minimum absolute atomic E-state index is 0.0433. The zero-order valence-electron chi connectivity index (χ0n) is 10.1. The van der Waals surface area contributed by atoms with Crippen molar-refractivity contribution in [2.24, 2.45) is 5.92 Å². The molecule has 1 rings (SSSR count). The van der Waals surface area contributed by atoms with Crippen molar-refractivity contribution in [2.75, 3.05) is 0 Å². The lowest BCUT2D eigenvalue weighted by molar-refractivity contribution is -0.138. The first kappa shape index (κ1) is 14.0. The number of hydrogen-bond donors (Lipinski definition) is 2. The monoisotopic (exact) mass is 254 g/mol. The molecule has 0 aliphatic heterocycles. The van der Waals surface area contributed by atoms with Crippen LogP contribution in [0.2, 0.25) is 0 Å². The summed E-state index contributed by atoms with van der Waals surface area (Å²) in [5, 5.41) is 17.6. The molecular weight excluding hydrogens is 240 g/mol. The van der Waals surface area contributed by atoms with Gasteiger partial charge in [0.2, 0.25) is 0 Å². The average molecular weight is 254 g/mol. The lowest BCUT2D eigenvalue weighted by Crippen LogP contribution is -2.27. The van der Waals surface area contributed by atoms with Gasteiger partial charge >= 0.3 is 17.9 Å². The molecule has 0 aromatic rings. The van der Waals surface area contributed by atoms with E-state index < -0.39 is 17.9 Å². The topological polar surface area (TPSA) is 101 Å². The van der Waals surface area contributed by atoms with E-state index in [1.807, 2.05) is 0 Å². The van der Waals surface area contributed by atoms with E-state index in [0.717, 1.165) is 6.26 Å². The molecule has 1 aliphatic rings. The first-order valence-electron chi connectivity index (χ1n) is 5.48. The summed E-state index contributed by atoms with van der Waals surface area (Å²) in [6, 6.07) is 0. The van der Waals surface area contributed by atoms with E-state index in [9.17, 15) is 14.4 Å². The van der Waals surface area contributed by atoms with Crippen LogP contribution < -0.4 is 0 Å². The molecule has 0 aromatic heterocycles. The van der Waals surface area contributed by atoms with Gasteiger partial charge in [0.25, 0.3) is 0 Å². The molecule has 0 amide bonds. The predicted octanol–water partition coefficient (Wildman–Crippen LogP) is 1.33. The van der Waals surface area contributed by atoms with E-state index in [-0.39, 0.29) is 29.1 Å². The van der Waals surface area contributed by atoms with Crippen LogP contribution in [0.15, 0.2) is 23.0 Å². The van der Waals surface area contributed by atoms with Gasteiger partial charge < -0.3 is 14.9 Å². The molecule has 0 spiro atoms. The number of carbonyl (C=O) groups is 3. The molecule has 0 bridgehead atoms. The fraction of sp³-hybridized carbons (Fsp3) is 0.417. The molecule has 0 radical (unpaired) electrons. The van der Waals surface area contributed by atoms with E-state index in [4.69, 9.17) is 10.2 Å². The highest BCUT2D eigenvalue weighted by molar-refractivity contribution is 6.03. The van der Waals surface area contributed by atoms with Crippen LogP contribution in [0.25, 0.3) is 0 Å². The number of carboxylic acids is 2. The number of aliphatic carboxylic acids is 2. The fourth-order valence-corrected chi connectivity index (χ4v) is 1.70. The first-order chi connectivity index (χ1) is 8.38. The lowest BCUT2D eigenvalue weighted by atomic mass is 9.78. The number of hydrogen-bond acceptors (Lipinski definition) is 4. The third kappa shape index (κ3) is 2.77. The molecular formula is C12H14O6. The van der Waals surface area contributed by atoms with Crippen molar-refractivity contribution in [3.8, 4) is 0 Å². The summed E-state index contributed by atoms with van der Waals surface area (Å²) in [4.78, 5) is 33.0. The van der Waals surface area contributed by atoms with Gasteiger partial charge in [0.05, 0.1) is 11.1 Å². The van der Waals surface area contributed by atoms with Gasteiger partial charge in [-0.1, -0.05) is 13.8 Å². The van der Waals surface area contributed by atoms with Gasteiger partial charge in [-0.25, -0.2) is 14.4 Å². The second kappa shape index (κ2) is 5.48. The van der Waals surface area contributed by atoms with E-state index in [0.29, 0.717) is 6.42 Å². The Labute approximate surface area is 104 Å². The molecule has 6 heteroatoms. The summed E-state index contributed by atoms with van der Waals surface area (Å²) in [6.45, 7) is 3.31. The number of carboxylic acid groups (broad SMARTS) is 2. The quantitative estimate of drug-likeness (QED) is 0.436. The van der Waals surface area contributed by atoms with E-state index >= 15 is 0 Å². The Morgan fingerprint density at radius 2 is 2.00 bits per heavy atom. The van der Waals surface area contributed by atoms with Crippen molar-refractivity contribution in [1.82, 2.24) is 0 Å². The summed E-state index contributed by atoms with van der Waals surface area (Å²) in [6.07, 6.45) is 1.41. The predicted molar refractivity (Wildman–Crippen MR) is 60.5 cm³/mol. The fourth-order valence-electron chi connectivity index (χ4n) is 1.70. The smallest absolute Gasteiger partial charge is 0.339 e. The van der Waals surface area contributed by atoms with E-state index in [1.54, 1.807) is 13.8 Å². The second-order valence-corrected chi connectivity index (χ2v) is 4.01. The highest BCUT2D eigenvalue weighted by Crippen LogP contribution is 2.35. The molecule has 2 N–H and O–H groups in total. The zero-order chi connectivity index (χ0) is 13.9. The van der Waals surface area contributed by atoms with Crippen molar-refractivity contribution in [3.05, 3.63) is 23.0 Å². The molecule has 6 nitrogen and oxygen atoms in total. The van der Waals surface area contributed by atoms with Crippen LogP contribution in [0.5, 0.6) is 0 Å². The molecule has 0 aromatic carbocycles. The number of rotatable bonds is 5.